The molecule has 1 saturated heterocycles. The van der Waals surface area contributed by atoms with Crippen LogP contribution >= 0.6 is 0 Å². The first kappa shape index (κ1) is 16.9. The molecule has 0 amide bonds. The summed E-state index contributed by atoms with van der Waals surface area (Å²) in [6.45, 7) is 4.74. The number of nitrogens with zero attached hydrogens (tertiary/aromatic N) is 4. The molecule has 0 bridgehead atoms. The molecule has 5 heteroatoms. The molecule has 0 unspecified atom stereocenters. The Bertz CT molecular complexity index is 883. The second kappa shape index (κ2) is 7.79. The van der Waals surface area contributed by atoms with E-state index in [1.165, 1.54) is 10.8 Å². The zero-order valence-corrected chi connectivity index (χ0v) is 15.1. The zero-order valence-electron chi connectivity index (χ0n) is 15.1. The number of fused-ring (bicyclic) bond motifs is 1. The minimum atomic E-state index is 0.261. The molecule has 5 nitrogen and oxygen atoms in total. The van der Waals surface area contributed by atoms with Gasteiger partial charge in [-0.15, -0.1) is 5.10 Å². The van der Waals surface area contributed by atoms with Gasteiger partial charge in [0, 0.05) is 25.3 Å². The van der Waals surface area contributed by atoms with Crippen LogP contribution in [0.3, 0.4) is 0 Å². The largest absolute Gasteiger partial charge is 0.376 e. The van der Waals surface area contributed by atoms with Gasteiger partial charge in [-0.3, -0.25) is 0 Å². The molecule has 1 fully saturated rings. The summed E-state index contributed by atoms with van der Waals surface area (Å²) < 4.78 is 5.93. The molecule has 3 aromatic rings. The molecular formula is C21H24N4O. The molecular weight excluding hydrogens is 324 g/mol. The van der Waals surface area contributed by atoms with Crippen LogP contribution in [0.4, 0.5) is 5.95 Å². The van der Waals surface area contributed by atoms with Gasteiger partial charge in [-0.25, -0.2) is 4.98 Å². The highest BCUT2D eigenvalue weighted by Crippen LogP contribution is 2.24. The van der Waals surface area contributed by atoms with E-state index < -0.39 is 0 Å². The minimum absolute atomic E-state index is 0.261. The normalized spacial score (nSPS) is 17.6. The van der Waals surface area contributed by atoms with E-state index in [1.807, 2.05) is 0 Å². The first-order chi connectivity index (χ1) is 12.8. The van der Waals surface area contributed by atoms with Crippen LogP contribution in [0.2, 0.25) is 0 Å². The Balaban J connectivity index is 1.57. The molecule has 1 aliphatic rings. The van der Waals surface area contributed by atoms with Gasteiger partial charge in [-0.2, -0.15) is 5.10 Å². The fourth-order valence-corrected chi connectivity index (χ4v) is 3.46. The average molecular weight is 348 g/mol. The Kier molecular flexibility index (Phi) is 5.07. The van der Waals surface area contributed by atoms with Gasteiger partial charge in [-0.1, -0.05) is 43.3 Å². The second-order valence-corrected chi connectivity index (χ2v) is 6.78. The first-order valence-corrected chi connectivity index (χ1v) is 9.39. The quantitative estimate of drug-likeness (QED) is 0.695. The summed E-state index contributed by atoms with van der Waals surface area (Å²) in [5, 5.41) is 10.9. The Labute approximate surface area is 154 Å². The standard InChI is InChI=1S/C21H24N4O/c1-2-12-26-19-8-5-11-25(15-19)21-23-20(14-22-24-21)18-10-9-16-6-3-4-7-17(16)13-18/h3-4,6-7,9-10,13-14,19H,2,5,8,11-12,15H2,1H3/t19-/m0/s1. The Morgan fingerprint density at radius 3 is 2.92 bits per heavy atom. The van der Waals surface area contributed by atoms with Crippen molar-refractivity contribution in [1.82, 2.24) is 15.2 Å². The number of piperidine rings is 1. The predicted molar refractivity (Wildman–Crippen MR) is 104 cm³/mol. The van der Waals surface area contributed by atoms with Gasteiger partial charge in [0.05, 0.1) is 18.0 Å². The molecule has 0 saturated carbocycles. The van der Waals surface area contributed by atoms with Gasteiger partial charge < -0.3 is 9.64 Å². The molecule has 0 N–H and O–H groups in total. The highest BCUT2D eigenvalue weighted by atomic mass is 16.5. The van der Waals surface area contributed by atoms with Gasteiger partial charge in [0.15, 0.2) is 0 Å². The Morgan fingerprint density at radius 2 is 2.04 bits per heavy atom. The molecule has 2 aromatic carbocycles. The number of aromatic nitrogens is 3. The SMILES string of the molecule is CCCO[C@H]1CCCN(c2nncc(-c3ccc4ccccc4c3)n2)C1. The highest BCUT2D eigenvalue weighted by molar-refractivity contribution is 5.86. The third-order valence-corrected chi connectivity index (χ3v) is 4.81. The minimum Gasteiger partial charge on any atom is -0.376 e. The van der Waals surface area contributed by atoms with Crippen molar-refractivity contribution in [3.05, 3.63) is 48.7 Å². The molecule has 0 spiro atoms. The molecule has 1 aliphatic heterocycles. The molecule has 2 heterocycles. The van der Waals surface area contributed by atoms with Crippen LogP contribution in [0.15, 0.2) is 48.7 Å². The summed E-state index contributed by atoms with van der Waals surface area (Å²) in [5.74, 6) is 0.695. The summed E-state index contributed by atoms with van der Waals surface area (Å²) >= 11 is 0. The van der Waals surface area contributed by atoms with Crippen molar-refractivity contribution in [1.29, 1.82) is 0 Å². The summed E-state index contributed by atoms with van der Waals surface area (Å²) in [6, 6.07) is 14.7. The highest BCUT2D eigenvalue weighted by Gasteiger charge is 2.22. The third kappa shape index (κ3) is 3.68. The van der Waals surface area contributed by atoms with E-state index in [9.17, 15) is 0 Å². The van der Waals surface area contributed by atoms with Crippen molar-refractivity contribution >= 4 is 16.7 Å². The predicted octanol–water partition coefficient (Wildman–Crippen LogP) is 4.09. The lowest BCUT2D eigenvalue weighted by atomic mass is 10.1. The molecule has 1 atom stereocenters. The molecule has 0 radical (unpaired) electrons. The smallest absolute Gasteiger partial charge is 0.245 e. The van der Waals surface area contributed by atoms with Crippen LogP contribution in [-0.4, -0.2) is 41.0 Å². The number of hydrogen-bond acceptors (Lipinski definition) is 5. The summed E-state index contributed by atoms with van der Waals surface area (Å²) in [7, 11) is 0. The lowest BCUT2D eigenvalue weighted by Crippen LogP contribution is -2.40. The Morgan fingerprint density at radius 1 is 1.15 bits per heavy atom. The summed E-state index contributed by atoms with van der Waals surface area (Å²) in [6.07, 6.45) is 5.25. The lowest BCUT2D eigenvalue weighted by molar-refractivity contribution is 0.0437. The fraction of sp³-hybridized carbons (Fsp3) is 0.381. The van der Waals surface area contributed by atoms with Crippen LogP contribution in [0, 0.1) is 0 Å². The maximum Gasteiger partial charge on any atom is 0.245 e. The van der Waals surface area contributed by atoms with Gasteiger partial charge in [-0.05, 0) is 36.1 Å². The number of rotatable bonds is 5. The van der Waals surface area contributed by atoms with Crippen molar-refractivity contribution in [2.75, 3.05) is 24.6 Å². The Hall–Kier alpha value is -2.53. The van der Waals surface area contributed by atoms with E-state index in [-0.39, 0.29) is 6.10 Å². The lowest BCUT2D eigenvalue weighted by Gasteiger charge is -2.32. The molecule has 0 aliphatic carbocycles. The van der Waals surface area contributed by atoms with Crippen LogP contribution in [0.25, 0.3) is 22.0 Å². The monoisotopic (exact) mass is 348 g/mol. The molecule has 1 aromatic heterocycles. The van der Waals surface area contributed by atoms with Crippen molar-refractivity contribution in [2.45, 2.75) is 32.3 Å². The van der Waals surface area contributed by atoms with Crippen molar-refractivity contribution in [3.8, 4) is 11.3 Å². The molecule has 26 heavy (non-hydrogen) atoms. The van der Waals surface area contributed by atoms with E-state index in [0.29, 0.717) is 5.95 Å². The zero-order chi connectivity index (χ0) is 17.8. The maximum absolute atomic E-state index is 5.93. The van der Waals surface area contributed by atoms with E-state index in [0.717, 1.165) is 50.2 Å². The van der Waals surface area contributed by atoms with Gasteiger partial charge in [0.25, 0.3) is 0 Å². The topological polar surface area (TPSA) is 51.1 Å². The average Bonchev–Trinajstić information content (AvgIpc) is 2.72. The number of benzene rings is 2. The summed E-state index contributed by atoms with van der Waals surface area (Å²) in [4.78, 5) is 6.98. The first-order valence-electron chi connectivity index (χ1n) is 9.39. The second-order valence-electron chi connectivity index (χ2n) is 6.78. The third-order valence-electron chi connectivity index (χ3n) is 4.81. The molecule has 134 valence electrons. The van der Waals surface area contributed by atoms with Crippen molar-refractivity contribution < 1.29 is 4.74 Å². The van der Waals surface area contributed by atoms with Gasteiger partial charge in [0.2, 0.25) is 5.95 Å². The van der Waals surface area contributed by atoms with Crippen LogP contribution < -0.4 is 4.90 Å². The molecule has 4 rings (SSSR count). The van der Waals surface area contributed by atoms with E-state index >= 15 is 0 Å². The van der Waals surface area contributed by atoms with Crippen molar-refractivity contribution in [2.24, 2.45) is 0 Å². The fourth-order valence-electron chi connectivity index (χ4n) is 3.46. The number of ether oxygens (including phenoxy) is 1. The van der Waals surface area contributed by atoms with Crippen LogP contribution in [-0.2, 0) is 4.74 Å². The summed E-state index contributed by atoms with van der Waals surface area (Å²) in [5.41, 5.74) is 1.92. The maximum atomic E-state index is 5.93. The number of hydrogen-bond donors (Lipinski definition) is 0. The van der Waals surface area contributed by atoms with Gasteiger partial charge in [0.1, 0.15) is 0 Å². The van der Waals surface area contributed by atoms with Crippen molar-refractivity contribution in [3.63, 3.8) is 0 Å². The number of anilines is 1. The van der Waals surface area contributed by atoms with E-state index in [2.05, 4.69) is 64.5 Å². The van der Waals surface area contributed by atoms with E-state index in [4.69, 9.17) is 9.72 Å². The van der Waals surface area contributed by atoms with E-state index in [1.54, 1.807) is 6.20 Å². The van der Waals surface area contributed by atoms with Crippen LogP contribution in [0.5, 0.6) is 0 Å². The van der Waals surface area contributed by atoms with Crippen LogP contribution in [0.1, 0.15) is 26.2 Å². The van der Waals surface area contributed by atoms with Gasteiger partial charge >= 0.3 is 0 Å².